The van der Waals surface area contributed by atoms with Crippen LogP contribution in [0.3, 0.4) is 0 Å². The second kappa shape index (κ2) is 16.0. The van der Waals surface area contributed by atoms with Crippen LogP contribution in [0, 0.1) is 23.7 Å². The van der Waals surface area contributed by atoms with Gasteiger partial charge >= 0.3 is 23.9 Å². The van der Waals surface area contributed by atoms with Gasteiger partial charge < -0.3 is 28.4 Å². The van der Waals surface area contributed by atoms with Crippen LogP contribution in [-0.2, 0) is 52.4 Å². The number of ketones is 1. The normalized spacial score (nSPS) is 20.8. The van der Waals surface area contributed by atoms with E-state index in [0.717, 1.165) is 25.7 Å². The minimum Gasteiger partial charge on any atom is -0.469 e. The van der Waals surface area contributed by atoms with Crippen molar-refractivity contribution in [3.8, 4) is 0 Å². The first-order chi connectivity index (χ1) is 20.0. The van der Waals surface area contributed by atoms with E-state index in [4.69, 9.17) is 28.4 Å². The molecule has 0 radical (unpaired) electrons. The number of ether oxygens (including phenoxy) is 6. The van der Waals surface area contributed by atoms with Crippen molar-refractivity contribution >= 4 is 29.7 Å². The Kier molecular flexibility index (Phi) is 13.6. The molecule has 1 heterocycles. The second-order valence-electron chi connectivity index (χ2n) is 13.7. The lowest BCUT2D eigenvalue weighted by molar-refractivity contribution is -0.188. The molecule has 0 bridgehead atoms. The molecule has 0 aromatic carbocycles. The number of rotatable bonds is 8. The van der Waals surface area contributed by atoms with E-state index in [2.05, 4.69) is 0 Å². The molecule has 11 heteroatoms. The molecule has 0 amide bonds. The van der Waals surface area contributed by atoms with Gasteiger partial charge in [0.2, 0.25) is 0 Å². The topological polar surface area (TPSA) is 141 Å². The highest BCUT2D eigenvalue weighted by molar-refractivity contribution is 5.82. The summed E-state index contributed by atoms with van der Waals surface area (Å²) >= 11 is 0. The van der Waals surface area contributed by atoms with Crippen LogP contribution in [-0.4, -0.2) is 74.1 Å². The molecule has 43 heavy (non-hydrogen) atoms. The SMILES string of the molecule is COC(=O)C(CC(=O)OC(C)(C)C)C1CCC(=O)CC1.COC(=O)C(CC(=O)OC(C)(C)C)C1CCC2(CC1)OCCO2. The summed E-state index contributed by atoms with van der Waals surface area (Å²) in [5.74, 6) is -2.60. The van der Waals surface area contributed by atoms with E-state index in [1.165, 1.54) is 14.2 Å². The van der Waals surface area contributed by atoms with Gasteiger partial charge in [0, 0.05) is 25.7 Å². The minimum atomic E-state index is -0.569. The van der Waals surface area contributed by atoms with Crippen molar-refractivity contribution in [1.82, 2.24) is 0 Å². The molecule has 3 rings (SSSR count). The third kappa shape index (κ3) is 12.5. The number of hydrogen-bond donors (Lipinski definition) is 0. The van der Waals surface area contributed by atoms with Crippen LogP contribution in [0.15, 0.2) is 0 Å². The van der Waals surface area contributed by atoms with Crippen molar-refractivity contribution in [1.29, 1.82) is 0 Å². The molecule has 11 nitrogen and oxygen atoms in total. The molecule has 0 N–H and O–H groups in total. The quantitative estimate of drug-likeness (QED) is 0.278. The van der Waals surface area contributed by atoms with Gasteiger partial charge in [-0.05, 0) is 79.1 Å². The van der Waals surface area contributed by atoms with Gasteiger partial charge in [-0.15, -0.1) is 0 Å². The summed E-state index contributed by atoms with van der Waals surface area (Å²) in [6.07, 6.45) is 5.37. The Morgan fingerprint density at radius 1 is 0.721 bits per heavy atom. The molecule has 2 atom stereocenters. The van der Waals surface area contributed by atoms with E-state index >= 15 is 0 Å². The number of carbonyl (C=O) groups is 5. The molecule has 3 fully saturated rings. The molecule has 2 unspecified atom stereocenters. The smallest absolute Gasteiger partial charge is 0.309 e. The molecule has 246 valence electrons. The zero-order valence-corrected chi connectivity index (χ0v) is 27.3. The lowest BCUT2D eigenvalue weighted by atomic mass is 9.76. The summed E-state index contributed by atoms with van der Waals surface area (Å²) in [7, 11) is 2.68. The van der Waals surface area contributed by atoms with E-state index in [1.54, 1.807) is 20.8 Å². The molecule has 1 aliphatic heterocycles. The molecule has 1 spiro atoms. The summed E-state index contributed by atoms with van der Waals surface area (Å²) in [6.45, 7) is 12.1. The monoisotopic (exact) mass is 612 g/mol. The highest BCUT2D eigenvalue weighted by Crippen LogP contribution is 2.42. The molecule has 1 saturated heterocycles. The lowest BCUT2D eigenvalue weighted by Gasteiger charge is -2.37. The van der Waals surface area contributed by atoms with Crippen LogP contribution in [0.25, 0.3) is 0 Å². The standard InChI is InChI=1S/C17H28O6.C15H24O5/c1-16(2,3)23-14(18)11-13(15(19)20-4)12-5-7-17(8-6-12)21-9-10-22-17;1-15(2,3)20-13(17)9-12(14(18)19-4)10-5-7-11(16)8-6-10/h12-13H,5-11H2,1-4H3;10,12H,5-9H2,1-4H3. The predicted octanol–water partition coefficient (Wildman–Crippen LogP) is 4.71. The van der Waals surface area contributed by atoms with Gasteiger partial charge in [0.05, 0.1) is 52.1 Å². The van der Waals surface area contributed by atoms with Crippen LogP contribution in [0.1, 0.15) is 106 Å². The summed E-state index contributed by atoms with van der Waals surface area (Å²) in [6, 6.07) is 0. The fraction of sp³-hybridized carbons (Fsp3) is 0.844. The third-order valence-electron chi connectivity index (χ3n) is 7.95. The third-order valence-corrected chi connectivity index (χ3v) is 7.95. The van der Waals surface area contributed by atoms with Crippen molar-refractivity contribution in [3.05, 3.63) is 0 Å². The number of carbonyl (C=O) groups excluding carboxylic acids is 5. The fourth-order valence-corrected chi connectivity index (χ4v) is 5.95. The van der Waals surface area contributed by atoms with Gasteiger partial charge in [-0.3, -0.25) is 24.0 Å². The Hall–Kier alpha value is -2.53. The van der Waals surface area contributed by atoms with Crippen molar-refractivity contribution in [2.75, 3.05) is 27.4 Å². The molecule has 0 aromatic rings. The minimum absolute atomic E-state index is 0.0167. The summed E-state index contributed by atoms with van der Waals surface area (Å²) in [5, 5.41) is 0. The Morgan fingerprint density at radius 3 is 1.44 bits per heavy atom. The van der Waals surface area contributed by atoms with Gasteiger partial charge in [-0.1, -0.05) is 0 Å². The van der Waals surface area contributed by atoms with E-state index < -0.39 is 40.8 Å². The first kappa shape index (κ1) is 36.7. The lowest BCUT2D eigenvalue weighted by Crippen LogP contribution is -2.39. The van der Waals surface area contributed by atoms with Gasteiger partial charge in [0.25, 0.3) is 0 Å². The summed E-state index contributed by atoms with van der Waals surface area (Å²) in [5.41, 5.74) is -1.12. The van der Waals surface area contributed by atoms with Crippen molar-refractivity contribution in [3.63, 3.8) is 0 Å². The zero-order chi connectivity index (χ0) is 32.4. The van der Waals surface area contributed by atoms with E-state index in [-0.39, 0.29) is 42.4 Å². The summed E-state index contributed by atoms with van der Waals surface area (Å²) in [4.78, 5) is 59.3. The fourth-order valence-electron chi connectivity index (χ4n) is 5.95. The molecular formula is C32H52O11. The zero-order valence-electron chi connectivity index (χ0n) is 27.3. The Bertz CT molecular complexity index is 949. The van der Waals surface area contributed by atoms with Crippen LogP contribution >= 0.6 is 0 Å². The van der Waals surface area contributed by atoms with Crippen LogP contribution in [0.2, 0.25) is 0 Å². The maximum atomic E-state index is 12.1. The predicted molar refractivity (Wildman–Crippen MR) is 155 cm³/mol. The van der Waals surface area contributed by atoms with Gasteiger partial charge in [-0.25, -0.2) is 0 Å². The van der Waals surface area contributed by atoms with Crippen molar-refractivity contribution < 1.29 is 52.4 Å². The highest BCUT2D eigenvalue weighted by atomic mass is 16.7. The largest absolute Gasteiger partial charge is 0.469 e. The van der Waals surface area contributed by atoms with Crippen molar-refractivity contribution in [2.24, 2.45) is 23.7 Å². The number of Topliss-reactive ketones (excluding diaryl/α,β-unsaturated/α-hetero) is 1. The average molecular weight is 613 g/mol. The Balaban J connectivity index is 0.000000304. The first-order valence-corrected chi connectivity index (χ1v) is 15.4. The summed E-state index contributed by atoms with van der Waals surface area (Å²) < 4.78 is 31.7. The number of hydrogen-bond acceptors (Lipinski definition) is 11. The number of methoxy groups -OCH3 is 2. The van der Waals surface area contributed by atoms with Crippen molar-refractivity contribution in [2.45, 2.75) is 123 Å². The van der Waals surface area contributed by atoms with Crippen LogP contribution < -0.4 is 0 Å². The molecular weight excluding hydrogens is 560 g/mol. The van der Waals surface area contributed by atoms with Gasteiger partial charge in [0.1, 0.15) is 17.0 Å². The Labute approximate surface area is 256 Å². The molecule has 0 aromatic heterocycles. The Morgan fingerprint density at radius 2 is 1.09 bits per heavy atom. The van der Waals surface area contributed by atoms with Crippen LogP contribution in [0.5, 0.6) is 0 Å². The molecule has 2 saturated carbocycles. The van der Waals surface area contributed by atoms with E-state index in [1.807, 2.05) is 20.8 Å². The number of esters is 4. The van der Waals surface area contributed by atoms with E-state index in [9.17, 15) is 24.0 Å². The van der Waals surface area contributed by atoms with Gasteiger partial charge in [-0.2, -0.15) is 0 Å². The van der Waals surface area contributed by atoms with E-state index in [0.29, 0.717) is 38.9 Å². The highest BCUT2D eigenvalue weighted by Gasteiger charge is 2.44. The maximum Gasteiger partial charge on any atom is 0.309 e. The second-order valence-corrected chi connectivity index (χ2v) is 13.7. The molecule has 3 aliphatic rings. The first-order valence-electron chi connectivity index (χ1n) is 15.4. The average Bonchev–Trinajstić information content (AvgIpc) is 3.37. The van der Waals surface area contributed by atoms with Gasteiger partial charge in [0.15, 0.2) is 5.79 Å². The maximum absolute atomic E-state index is 12.1. The molecule has 2 aliphatic carbocycles. The van der Waals surface area contributed by atoms with Crippen LogP contribution in [0.4, 0.5) is 0 Å².